The predicted molar refractivity (Wildman–Crippen MR) is 77.7 cm³/mol. The van der Waals surface area contributed by atoms with E-state index in [1.54, 1.807) is 0 Å². The van der Waals surface area contributed by atoms with Gasteiger partial charge >= 0.3 is 0 Å². The van der Waals surface area contributed by atoms with Crippen molar-refractivity contribution in [1.82, 2.24) is 5.32 Å². The summed E-state index contributed by atoms with van der Waals surface area (Å²) in [7, 11) is 2.03. The van der Waals surface area contributed by atoms with Crippen molar-refractivity contribution >= 4 is 21.6 Å². The van der Waals surface area contributed by atoms with Crippen LogP contribution in [0.25, 0.3) is 0 Å². The Morgan fingerprint density at radius 2 is 2.18 bits per heavy atom. The van der Waals surface area contributed by atoms with Crippen molar-refractivity contribution in [3.8, 4) is 0 Å². The second-order valence-corrected chi connectivity index (χ2v) is 5.54. The molecule has 1 heterocycles. The number of para-hydroxylation sites is 1. The number of nitrogens with zero attached hydrogens (tertiary/aromatic N) is 1. The van der Waals surface area contributed by atoms with E-state index in [0.29, 0.717) is 6.04 Å². The Bertz CT molecular complexity index is 354. The Morgan fingerprint density at radius 1 is 1.35 bits per heavy atom. The number of piperidine rings is 1. The summed E-state index contributed by atoms with van der Waals surface area (Å²) in [5, 5.41) is 3.26. The maximum atomic E-state index is 3.67. The molecule has 1 unspecified atom stereocenters. The molecule has 1 aliphatic rings. The number of hydrogen-bond donors (Lipinski definition) is 1. The molecule has 2 nitrogen and oxygen atoms in total. The van der Waals surface area contributed by atoms with Gasteiger partial charge in [0.2, 0.25) is 0 Å². The molecular weight excluding hydrogens is 276 g/mol. The van der Waals surface area contributed by atoms with Gasteiger partial charge in [-0.05, 0) is 67.3 Å². The third-order valence-corrected chi connectivity index (χ3v) is 4.19. The number of hydrogen-bond acceptors (Lipinski definition) is 2. The second-order valence-electron chi connectivity index (χ2n) is 4.69. The van der Waals surface area contributed by atoms with E-state index >= 15 is 0 Å². The maximum absolute atomic E-state index is 3.67. The van der Waals surface area contributed by atoms with Crippen LogP contribution in [-0.2, 0) is 0 Å². The molecule has 17 heavy (non-hydrogen) atoms. The molecule has 0 aromatic heterocycles. The Hall–Kier alpha value is -0.540. The predicted octanol–water partition coefficient (Wildman–Crippen LogP) is 3.42. The van der Waals surface area contributed by atoms with E-state index in [0.717, 1.165) is 6.54 Å². The summed E-state index contributed by atoms with van der Waals surface area (Å²) in [4.78, 5) is 2.57. The van der Waals surface area contributed by atoms with Gasteiger partial charge in [-0.1, -0.05) is 12.1 Å². The van der Waals surface area contributed by atoms with Crippen molar-refractivity contribution in [3.63, 3.8) is 0 Å². The highest BCUT2D eigenvalue weighted by Gasteiger charge is 2.23. The zero-order chi connectivity index (χ0) is 12.1. The first-order valence-electron chi connectivity index (χ1n) is 6.48. The first-order chi connectivity index (χ1) is 8.33. The van der Waals surface area contributed by atoms with E-state index in [1.165, 1.54) is 42.4 Å². The fraction of sp³-hybridized carbons (Fsp3) is 0.571. The molecule has 0 amide bonds. The van der Waals surface area contributed by atoms with Crippen molar-refractivity contribution in [1.29, 1.82) is 0 Å². The monoisotopic (exact) mass is 296 g/mol. The van der Waals surface area contributed by atoms with E-state index in [2.05, 4.69) is 50.4 Å². The summed E-state index contributed by atoms with van der Waals surface area (Å²) in [6.45, 7) is 2.29. The molecule has 0 bridgehead atoms. The number of nitrogens with one attached hydrogen (secondary N) is 1. The Balaban J connectivity index is 2.13. The van der Waals surface area contributed by atoms with E-state index in [4.69, 9.17) is 0 Å². The Morgan fingerprint density at radius 3 is 2.94 bits per heavy atom. The third kappa shape index (κ3) is 3.23. The van der Waals surface area contributed by atoms with Crippen molar-refractivity contribution < 1.29 is 0 Å². The summed E-state index contributed by atoms with van der Waals surface area (Å²) in [6, 6.07) is 9.26. The largest absolute Gasteiger partial charge is 0.368 e. The van der Waals surface area contributed by atoms with Gasteiger partial charge in [-0.15, -0.1) is 0 Å². The molecule has 1 atom stereocenters. The molecule has 0 saturated carbocycles. The average molecular weight is 297 g/mol. The molecule has 1 N–H and O–H groups in total. The van der Waals surface area contributed by atoms with Gasteiger partial charge in [-0.3, -0.25) is 0 Å². The number of anilines is 1. The zero-order valence-corrected chi connectivity index (χ0v) is 12.0. The molecule has 1 saturated heterocycles. The first kappa shape index (κ1) is 12.9. The lowest BCUT2D eigenvalue weighted by Crippen LogP contribution is -2.41. The van der Waals surface area contributed by atoms with Crippen LogP contribution < -0.4 is 10.2 Å². The minimum atomic E-state index is 0.690. The van der Waals surface area contributed by atoms with Gasteiger partial charge in [0.15, 0.2) is 0 Å². The molecule has 94 valence electrons. The topological polar surface area (TPSA) is 15.3 Å². The fourth-order valence-electron chi connectivity index (χ4n) is 2.61. The minimum Gasteiger partial charge on any atom is -0.368 e. The molecule has 1 aliphatic heterocycles. The van der Waals surface area contributed by atoms with Crippen LogP contribution in [0.4, 0.5) is 5.69 Å². The molecule has 0 radical (unpaired) electrons. The summed E-state index contributed by atoms with van der Waals surface area (Å²) < 4.78 is 1.22. The standard InChI is InChI=1S/C14H21BrN2/c1-16-10-9-12-6-4-5-11-17(12)14-8-3-2-7-13(14)15/h2-3,7-8,12,16H,4-6,9-11H2,1H3. The average Bonchev–Trinajstić information content (AvgIpc) is 2.37. The highest BCUT2D eigenvalue weighted by atomic mass is 79.9. The molecule has 0 aliphatic carbocycles. The van der Waals surface area contributed by atoms with Gasteiger partial charge in [-0.25, -0.2) is 0 Å². The molecule has 1 aromatic carbocycles. The number of rotatable bonds is 4. The van der Waals surface area contributed by atoms with Crippen molar-refractivity contribution in [2.24, 2.45) is 0 Å². The van der Waals surface area contributed by atoms with Gasteiger partial charge in [0.05, 0.1) is 5.69 Å². The van der Waals surface area contributed by atoms with Crippen LogP contribution in [0.5, 0.6) is 0 Å². The third-order valence-electron chi connectivity index (χ3n) is 3.52. The van der Waals surface area contributed by atoms with Crippen LogP contribution in [0.15, 0.2) is 28.7 Å². The van der Waals surface area contributed by atoms with Gasteiger partial charge in [0.1, 0.15) is 0 Å². The summed E-state index contributed by atoms with van der Waals surface area (Å²) in [6.07, 6.45) is 5.24. The van der Waals surface area contributed by atoms with E-state index in [-0.39, 0.29) is 0 Å². The molecule has 1 fully saturated rings. The second kappa shape index (κ2) is 6.41. The van der Waals surface area contributed by atoms with Crippen LogP contribution >= 0.6 is 15.9 Å². The van der Waals surface area contributed by atoms with Crippen LogP contribution in [0, 0.1) is 0 Å². The quantitative estimate of drug-likeness (QED) is 0.916. The Kier molecular flexibility index (Phi) is 4.86. The van der Waals surface area contributed by atoms with E-state index < -0.39 is 0 Å². The lowest BCUT2D eigenvalue weighted by molar-refractivity contribution is 0.433. The highest BCUT2D eigenvalue weighted by Crippen LogP contribution is 2.32. The summed E-state index contributed by atoms with van der Waals surface area (Å²) in [5.74, 6) is 0. The minimum absolute atomic E-state index is 0.690. The summed E-state index contributed by atoms with van der Waals surface area (Å²) >= 11 is 3.67. The van der Waals surface area contributed by atoms with Crippen LogP contribution in [0.2, 0.25) is 0 Å². The normalized spacial score (nSPS) is 20.6. The fourth-order valence-corrected chi connectivity index (χ4v) is 3.13. The number of benzene rings is 1. The lowest BCUT2D eigenvalue weighted by Gasteiger charge is -2.38. The Labute approximate surface area is 113 Å². The van der Waals surface area contributed by atoms with Crippen LogP contribution in [0.1, 0.15) is 25.7 Å². The first-order valence-corrected chi connectivity index (χ1v) is 7.28. The van der Waals surface area contributed by atoms with E-state index in [1.807, 2.05) is 7.05 Å². The van der Waals surface area contributed by atoms with Crippen LogP contribution in [-0.4, -0.2) is 26.2 Å². The van der Waals surface area contributed by atoms with Gasteiger partial charge in [-0.2, -0.15) is 0 Å². The van der Waals surface area contributed by atoms with Crippen molar-refractivity contribution in [2.45, 2.75) is 31.7 Å². The van der Waals surface area contributed by atoms with Crippen LogP contribution in [0.3, 0.4) is 0 Å². The summed E-state index contributed by atoms with van der Waals surface area (Å²) in [5.41, 5.74) is 1.35. The molecular formula is C14H21BrN2. The van der Waals surface area contributed by atoms with Gasteiger partial charge < -0.3 is 10.2 Å². The van der Waals surface area contributed by atoms with Gasteiger partial charge in [0, 0.05) is 17.1 Å². The molecule has 1 aromatic rings. The zero-order valence-electron chi connectivity index (χ0n) is 10.5. The lowest BCUT2D eigenvalue weighted by atomic mass is 9.98. The SMILES string of the molecule is CNCCC1CCCCN1c1ccccc1Br. The van der Waals surface area contributed by atoms with Crippen molar-refractivity contribution in [2.75, 3.05) is 25.0 Å². The maximum Gasteiger partial charge on any atom is 0.0513 e. The molecule has 2 rings (SSSR count). The molecule has 3 heteroatoms. The van der Waals surface area contributed by atoms with Crippen molar-refractivity contribution in [3.05, 3.63) is 28.7 Å². The highest BCUT2D eigenvalue weighted by molar-refractivity contribution is 9.10. The molecule has 0 spiro atoms. The van der Waals surface area contributed by atoms with Gasteiger partial charge in [0.25, 0.3) is 0 Å². The number of halogens is 1. The smallest absolute Gasteiger partial charge is 0.0513 e. The van der Waals surface area contributed by atoms with E-state index in [9.17, 15) is 0 Å².